The molecule has 0 saturated heterocycles. The van der Waals surface area contributed by atoms with Crippen LogP contribution < -0.4 is 0 Å². The van der Waals surface area contributed by atoms with E-state index in [1.54, 1.807) is 0 Å². The molecular weight excluding hydrogens is 701 g/mol. The standard InChI is InChI=1S/C56H34N2/c1-3-11-38(12-4-1)50-34-51(58-56(57-50)42-13-5-2-6-14-42)39-29-25-36(26-30-39)35-23-27-37(28-24-35)49-33-43-17-9-20-45-44-18-7-15-40-31-32-41-16-8-19-46(53(41)52(40)44)47-21-10-22-48(49)55(47)54(43)45/h1-34H. The molecule has 12 rings (SSSR count). The number of benzene rings is 10. The molecule has 0 radical (unpaired) electrons. The Morgan fingerprint density at radius 1 is 0.241 bits per heavy atom. The number of nitrogens with zero attached hydrogens (tertiary/aromatic N) is 2. The van der Waals surface area contributed by atoms with Crippen LogP contribution in [0, 0.1) is 0 Å². The first kappa shape index (κ1) is 32.6. The number of hydrogen-bond donors (Lipinski definition) is 0. The third-order valence-corrected chi connectivity index (χ3v) is 12.0. The minimum atomic E-state index is 0.720. The molecule has 0 atom stereocenters. The SMILES string of the molecule is c1ccc(-c2cc(-c3ccc(-c4ccc(-c5cc6cccc7c8cccc9ccc%10cccc(c%11cccc5c%11c67)c%10c98)cc4)cc3)nc(-c3ccccc3)n2)cc1. The minimum Gasteiger partial charge on any atom is -0.228 e. The van der Waals surface area contributed by atoms with Gasteiger partial charge >= 0.3 is 0 Å². The second kappa shape index (κ2) is 12.9. The van der Waals surface area contributed by atoms with Gasteiger partial charge < -0.3 is 0 Å². The molecule has 268 valence electrons. The van der Waals surface area contributed by atoms with E-state index in [9.17, 15) is 0 Å². The zero-order valence-electron chi connectivity index (χ0n) is 31.5. The van der Waals surface area contributed by atoms with Crippen LogP contribution in [0.5, 0.6) is 0 Å². The van der Waals surface area contributed by atoms with Gasteiger partial charge in [-0.1, -0.05) is 194 Å². The molecule has 58 heavy (non-hydrogen) atoms. The topological polar surface area (TPSA) is 25.8 Å². The summed E-state index contributed by atoms with van der Waals surface area (Å²) in [6.45, 7) is 0. The van der Waals surface area contributed by atoms with Gasteiger partial charge in [0.1, 0.15) is 0 Å². The quantitative estimate of drug-likeness (QED) is 0.165. The van der Waals surface area contributed by atoms with Crippen LogP contribution in [0.2, 0.25) is 0 Å². The summed E-state index contributed by atoms with van der Waals surface area (Å²) in [4.78, 5) is 10.0. The van der Waals surface area contributed by atoms with E-state index >= 15 is 0 Å². The fraction of sp³-hybridized carbons (Fsp3) is 0. The summed E-state index contributed by atoms with van der Waals surface area (Å²) < 4.78 is 0. The van der Waals surface area contributed by atoms with Crippen molar-refractivity contribution >= 4 is 64.6 Å². The minimum absolute atomic E-state index is 0.720. The van der Waals surface area contributed by atoms with E-state index < -0.39 is 0 Å². The van der Waals surface area contributed by atoms with E-state index in [1.165, 1.54) is 81.3 Å². The lowest BCUT2D eigenvalue weighted by molar-refractivity contribution is 1.18. The van der Waals surface area contributed by atoms with Crippen LogP contribution in [-0.2, 0) is 0 Å². The number of fused-ring (bicyclic) bond motifs is 2. The molecule has 0 aliphatic carbocycles. The summed E-state index contributed by atoms with van der Waals surface area (Å²) in [5, 5.41) is 15.6. The highest BCUT2D eigenvalue weighted by atomic mass is 14.9. The predicted molar refractivity (Wildman–Crippen MR) is 245 cm³/mol. The van der Waals surface area contributed by atoms with Crippen molar-refractivity contribution in [1.82, 2.24) is 9.97 Å². The van der Waals surface area contributed by atoms with Crippen LogP contribution >= 0.6 is 0 Å². The lowest BCUT2D eigenvalue weighted by Gasteiger charge is -2.18. The van der Waals surface area contributed by atoms with E-state index in [4.69, 9.17) is 9.97 Å². The van der Waals surface area contributed by atoms with Crippen LogP contribution in [0.25, 0.3) is 121 Å². The van der Waals surface area contributed by atoms with Gasteiger partial charge in [0.05, 0.1) is 11.4 Å². The van der Waals surface area contributed by atoms with Gasteiger partial charge in [0.2, 0.25) is 0 Å². The molecule has 0 N–H and O–H groups in total. The smallest absolute Gasteiger partial charge is 0.160 e. The fourth-order valence-electron chi connectivity index (χ4n) is 9.29. The Hall–Kier alpha value is -7.68. The van der Waals surface area contributed by atoms with Crippen molar-refractivity contribution < 1.29 is 0 Å². The largest absolute Gasteiger partial charge is 0.228 e. The van der Waals surface area contributed by atoms with Crippen molar-refractivity contribution in [2.75, 3.05) is 0 Å². The maximum Gasteiger partial charge on any atom is 0.160 e. The molecule has 1 aromatic heterocycles. The van der Waals surface area contributed by atoms with Gasteiger partial charge in [-0.25, -0.2) is 9.97 Å². The molecule has 0 bridgehead atoms. The average Bonchev–Trinajstić information content (AvgIpc) is 3.30. The Balaban J connectivity index is 0.974. The first-order valence-electron chi connectivity index (χ1n) is 19.9. The Morgan fingerprint density at radius 2 is 0.655 bits per heavy atom. The lowest BCUT2D eigenvalue weighted by Crippen LogP contribution is -1.95. The van der Waals surface area contributed by atoms with Crippen molar-refractivity contribution in [1.29, 1.82) is 0 Å². The Labute approximate surface area is 335 Å². The van der Waals surface area contributed by atoms with Gasteiger partial charge in [0, 0.05) is 16.7 Å². The molecule has 1 heterocycles. The molecule has 12 aromatic rings. The molecule has 0 fully saturated rings. The Kier molecular flexibility index (Phi) is 7.26. The lowest BCUT2D eigenvalue weighted by atomic mass is 9.85. The van der Waals surface area contributed by atoms with Crippen LogP contribution in [0.1, 0.15) is 0 Å². The summed E-state index contributed by atoms with van der Waals surface area (Å²) in [5.74, 6) is 0.720. The molecule has 0 amide bonds. The third kappa shape index (κ3) is 5.12. The summed E-state index contributed by atoms with van der Waals surface area (Å²) >= 11 is 0. The molecule has 2 nitrogen and oxygen atoms in total. The highest BCUT2D eigenvalue weighted by Crippen LogP contribution is 2.45. The van der Waals surface area contributed by atoms with Crippen LogP contribution in [0.15, 0.2) is 206 Å². The summed E-state index contributed by atoms with van der Waals surface area (Å²) in [6, 6.07) is 74.7. The summed E-state index contributed by atoms with van der Waals surface area (Å²) in [7, 11) is 0. The highest BCUT2D eigenvalue weighted by Gasteiger charge is 2.18. The fourth-order valence-corrected chi connectivity index (χ4v) is 9.29. The van der Waals surface area contributed by atoms with E-state index in [0.717, 1.165) is 39.5 Å². The first-order valence-corrected chi connectivity index (χ1v) is 19.9. The molecule has 0 saturated carbocycles. The van der Waals surface area contributed by atoms with E-state index in [-0.39, 0.29) is 0 Å². The maximum absolute atomic E-state index is 5.04. The molecule has 11 aromatic carbocycles. The van der Waals surface area contributed by atoms with Gasteiger partial charge in [-0.05, 0) is 99.0 Å². The highest BCUT2D eigenvalue weighted by molar-refractivity contribution is 6.37. The number of rotatable bonds is 5. The summed E-state index contributed by atoms with van der Waals surface area (Å²) in [5.41, 5.74) is 9.71. The van der Waals surface area contributed by atoms with Gasteiger partial charge in [-0.3, -0.25) is 0 Å². The van der Waals surface area contributed by atoms with Crippen molar-refractivity contribution in [3.05, 3.63) is 206 Å². The molecule has 0 spiro atoms. The monoisotopic (exact) mass is 734 g/mol. The second-order valence-electron chi connectivity index (χ2n) is 15.3. The van der Waals surface area contributed by atoms with E-state index in [0.29, 0.717) is 0 Å². The number of hydrogen-bond acceptors (Lipinski definition) is 2. The van der Waals surface area contributed by atoms with Gasteiger partial charge in [0.15, 0.2) is 5.82 Å². The molecular formula is C56H34N2. The van der Waals surface area contributed by atoms with Crippen molar-refractivity contribution in [2.24, 2.45) is 0 Å². The Bertz CT molecular complexity index is 3460. The van der Waals surface area contributed by atoms with Gasteiger partial charge in [-0.2, -0.15) is 0 Å². The van der Waals surface area contributed by atoms with Gasteiger partial charge in [0.25, 0.3) is 0 Å². The maximum atomic E-state index is 5.04. The average molecular weight is 735 g/mol. The second-order valence-corrected chi connectivity index (χ2v) is 15.3. The normalized spacial score (nSPS) is 11.8. The van der Waals surface area contributed by atoms with E-state index in [1.807, 2.05) is 24.3 Å². The van der Waals surface area contributed by atoms with Crippen LogP contribution in [0.4, 0.5) is 0 Å². The van der Waals surface area contributed by atoms with Crippen LogP contribution in [-0.4, -0.2) is 9.97 Å². The zero-order chi connectivity index (χ0) is 38.2. The molecule has 2 heteroatoms. The van der Waals surface area contributed by atoms with E-state index in [2.05, 4.69) is 182 Å². The van der Waals surface area contributed by atoms with Gasteiger partial charge in [-0.15, -0.1) is 0 Å². The third-order valence-electron chi connectivity index (χ3n) is 12.0. The number of aromatic nitrogens is 2. The summed E-state index contributed by atoms with van der Waals surface area (Å²) in [6.07, 6.45) is 0. The molecule has 0 aliphatic rings. The first-order chi connectivity index (χ1) is 28.7. The van der Waals surface area contributed by atoms with Crippen molar-refractivity contribution in [2.45, 2.75) is 0 Å². The Morgan fingerprint density at radius 3 is 1.22 bits per heavy atom. The van der Waals surface area contributed by atoms with Crippen LogP contribution in [0.3, 0.4) is 0 Å². The molecule has 0 unspecified atom stereocenters. The molecule has 0 aliphatic heterocycles. The van der Waals surface area contributed by atoms with Crippen molar-refractivity contribution in [3.8, 4) is 56.2 Å². The predicted octanol–water partition coefficient (Wildman–Crippen LogP) is 15.2. The van der Waals surface area contributed by atoms with Crippen molar-refractivity contribution in [3.63, 3.8) is 0 Å². The zero-order valence-corrected chi connectivity index (χ0v) is 31.5.